The van der Waals surface area contributed by atoms with Gasteiger partial charge in [-0.1, -0.05) is 40.6 Å². The Balaban J connectivity index is 2.44. The highest BCUT2D eigenvalue weighted by atomic mass is 127. The summed E-state index contributed by atoms with van der Waals surface area (Å²) in [5, 5.41) is 3.47. The number of carbonyl (C=O) groups is 1. The number of carbonyl (C=O) groups excluding carboxylic acids is 1. The molecule has 0 aliphatic heterocycles. The highest BCUT2D eigenvalue weighted by molar-refractivity contribution is 14.1. The topological polar surface area (TPSA) is 29.1 Å². The van der Waals surface area contributed by atoms with Gasteiger partial charge < -0.3 is 5.32 Å². The van der Waals surface area contributed by atoms with Crippen LogP contribution in [0.1, 0.15) is 29.6 Å². The number of halogens is 3. The van der Waals surface area contributed by atoms with Crippen LogP contribution in [0.5, 0.6) is 0 Å². The molecule has 0 bridgehead atoms. The molecule has 1 aromatic rings. The normalized spacial score (nSPS) is 10.3. The van der Waals surface area contributed by atoms with E-state index in [0.29, 0.717) is 17.1 Å². The fourth-order valence-electron chi connectivity index (χ4n) is 1.36. The zero-order valence-corrected chi connectivity index (χ0v) is 13.8. The molecule has 0 heterocycles. The lowest BCUT2D eigenvalue weighted by Crippen LogP contribution is -2.24. The third-order valence-corrected chi connectivity index (χ3v) is 3.96. The summed E-state index contributed by atoms with van der Waals surface area (Å²) in [6.07, 6.45) is 3.38. The molecular weight excluding hydrogens is 416 g/mol. The fraction of sp³-hybridized carbons (Fsp3) is 0.417. The molecular formula is C12H14BrClINO. The van der Waals surface area contributed by atoms with Crippen LogP contribution in [0, 0.1) is 0 Å². The van der Waals surface area contributed by atoms with Crippen molar-refractivity contribution in [2.45, 2.75) is 19.3 Å². The zero-order chi connectivity index (χ0) is 12.7. The van der Waals surface area contributed by atoms with Crippen molar-refractivity contribution in [1.82, 2.24) is 5.32 Å². The summed E-state index contributed by atoms with van der Waals surface area (Å²) in [6.45, 7) is 0.717. The summed E-state index contributed by atoms with van der Waals surface area (Å²) in [5.74, 6) is -0.0751. The molecule has 0 aromatic heterocycles. The predicted molar refractivity (Wildman–Crippen MR) is 84.2 cm³/mol. The van der Waals surface area contributed by atoms with Gasteiger partial charge in [0, 0.05) is 16.0 Å². The standard InChI is InChI=1S/C12H14BrClINO/c13-11-5-4-9(14)8-10(11)12(17)16-7-3-1-2-6-15/h4-5,8H,1-3,6-7H2,(H,16,17). The first-order valence-electron chi connectivity index (χ1n) is 5.44. The first-order chi connectivity index (χ1) is 8.15. The van der Waals surface area contributed by atoms with E-state index in [1.807, 2.05) is 0 Å². The molecule has 0 saturated carbocycles. The van der Waals surface area contributed by atoms with Gasteiger partial charge >= 0.3 is 0 Å². The third kappa shape index (κ3) is 5.57. The summed E-state index contributed by atoms with van der Waals surface area (Å²) in [7, 11) is 0. The molecule has 5 heteroatoms. The Morgan fingerprint density at radius 1 is 1.35 bits per heavy atom. The molecule has 1 rings (SSSR count). The average molecular weight is 431 g/mol. The van der Waals surface area contributed by atoms with Crippen molar-refractivity contribution in [2.24, 2.45) is 0 Å². The maximum Gasteiger partial charge on any atom is 0.252 e. The Morgan fingerprint density at radius 2 is 2.12 bits per heavy atom. The number of benzene rings is 1. The second-order valence-corrected chi connectivity index (χ2v) is 6.00. The van der Waals surface area contributed by atoms with Gasteiger partial charge in [-0.3, -0.25) is 4.79 Å². The molecule has 1 amide bonds. The molecule has 1 aromatic carbocycles. The van der Waals surface area contributed by atoms with Crippen LogP contribution in [-0.4, -0.2) is 16.9 Å². The van der Waals surface area contributed by atoms with Crippen LogP contribution < -0.4 is 5.32 Å². The summed E-state index contributed by atoms with van der Waals surface area (Å²) < 4.78 is 1.94. The molecule has 17 heavy (non-hydrogen) atoms. The van der Waals surface area contributed by atoms with Crippen LogP contribution in [0.3, 0.4) is 0 Å². The molecule has 0 aliphatic rings. The van der Waals surface area contributed by atoms with Gasteiger partial charge in [-0.05, 0) is 51.4 Å². The molecule has 0 radical (unpaired) electrons. The van der Waals surface area contributed by atoms with Crippen LogP contribution in [0.15, 0.2) is 22.7 Å². The van der Waals surface area contributed by atoms with Crippen molar-refractivity contribution in [3.8, 4) is 0 Å². The van der Waals surface area contributed by atoms with Gasteiger partial charge in [0.1, 0.15) is 0 Å². The van der Waals surface area contributed by atoms with E-state index in [2.05, 4.69) is 43.8 Å². The Morgan fingerprint density at radius 3 is 2.82 bits per heavy atom. The maximum absolute atomic E-state index is 11.8. The Hall–Kier alpha value is 0.190. The Bertz CT molecular complexity index is 387. The first kappa shape index (κ1) is 15.2. The Labute approximate surface area is 129 Å². The van der Waals surface area contributed by atoms with Crippen molar-refractivity contribution < 1.29 is 4.79 Å². The van der Waals surface area contributed by atoms with E-state index in [9.17, 15) is 4.79 Å². The minimum absolute atomic E-state index is 0.0751. The largest absolute Gasteiger partial charge is 0.352 e. The van der Waals surface area contributed by atoms with Crippen LogP contribution in [-0.2, 0) is 0 Å². The summed E-state index contributed by atoms with van der Waals surface area (Å²) in [6, 6.07) is 5.21. The molecule has 1 N–H and O–H groups in total. The van der Waals surface area contributed by atoms with E-state index < -0.39 is 0 Å². The second kappa shape index (κ2) is 8.32. The molecule has 0 aliphatic carbocycles. The summed E-state index contributed by atoms with van der Waals surface area (Å²) >= 11 is 11.6. The van der Waals surface area contributed by atoms with Crippen LogP contribution in [0.4, 0.5) is 0 Å². The Kier molecular flexibility index (Phi) is 7.46. The first-order valence-corrected chi connectivity index (χ1v) is 8.14. The number of alkyl halides is 1. The van der Waals surface area contributed by atoms with E-state index in [1.165, 1.54) is 10.8 Å². The second-order valence-electron chi connectivity index (χ2n) is 3.63. The minimum Gasteiger partial charge on any atom is -0.352 e. The lowest BCUT2D eigenvalue weighted by atomic mass is 10.2. The molecule has 0 fully saturated rings. The smallest absolute Gasteiger partial charge is 0.252 e. The molecule has 0 unspecified atom stereocenters. The lowest BCUT2D eigenvalue weighted by Gasteiger charge is -2.07. The van der Waals surface area contributed by atoms with E-state index in [-0.39, 0.29) is 5.91 Å². The highest BCUT2D eigenvalue weighted by Gasteiger charge is 2.09. The van der Waals surface area contributed by atoms with Gasteiger partial charge in [0.15, 0.2) is 0 Å². The number of nitrogens with one attached hydrogen (secondary N) is 1. The fourth-order valence-corrected chi connectivity index (χ4v) is 2.50. The van der Waals surface area contributed by atoms with Crippen LogP contribution in [0.2, 0.25) is 5.02 Å². The number of hydrogen-bond acceptors (Lipinski definition) is 1. The summed E-state index contributed by atoms with van der Waals surface area (Å²) in [4.78, 5) is 11.8. The molecule has 2 nitrogen and oxygen atoms in total. The van der Waals surface area contributed by atoms with E-state index in [4.69, 9.17) is 11.6 Å². The van der Waals surface area contributed by atoms with Crippen LogP contribution >= 0.6 is 50.1 Å². The van der Waals surface area contributed by atoms with Gasteiger partial charge in [-0.15, -0.1) is 0 Å². The average Bonchev–Trinajstić information content (AvgIpc) is 2.32. The monoisotopic (exact) mass is 429 g/mol. The summed E-state index contributed by atoms with van der Waals surface area (Å²) in [5.41, 5.74) is 0.589. The number of amides is 1. The van der Waals surface area contributed by atoms with Crippen molar-refractivity contribution in [2.75, 3.05) is 11.0 Å². The molecule has 0 saturated heterocycles. The quantitative estimate of drug-likeness (QED) is 0.404. The van der Waals surface area contributed by atoms with Gasteiger partial charge in [0.2, 0.25) is 0 Å². The number of hydrogen-bond donors (Lipinski definition) is 1. The van der Waals surface area contributed by atoms with Gasteiger partial charge in [-0.25, -0.2) is 0 Å². The van der Waals surface area contributed by atoms with E-state index in [1.54, 1.807) is 18.2 Å². The van der Waals surface area contributed by atoms with Crippen LogP contribution in [0.25, 0.3) is 0 Å². The molecule has 94 valence electrons. The minimum atomic E-state index is -0.0751. The maximum atomic E-state index is 11.8. The van der Waals surface area contributed by atoms with Crippen molar-refractivity contribution in [3.05, 3.63) is 33.3 Å². The lowest BCUT2D eigenvalue weighted by molar-refractivity contribution is 0.0952. The number of rotatable bonds is 6. The highest BCUT2D eigenvalue weighted by Crippen LogP contribution is 2.20. The molecule has 0 spiro atoms. The SMILES string of the molecule is O=C(NCCCCCI)c1cc(Cl)ccc1Br. The van der Waals surface area contributed by atoms with E-state index in [0.717, 1.165) is 17.3 Å². The molecule has 0 atom stereocenters. The zero-order valence-electron chi connectivity index (χ0n) is 9.31. The van der Waals surface area contributed by atoms with E-state index >= 15 is 0 Å². The van der Waals surface area contributed by atoms with Crippen molar-refractivity contribution in [1.29, 1.82) is 0 Å². The third-order valence-electron chi connectivity index (χ3n) is 2.27. The van der Waals surface area contributed by atoms with Gasteiger partial charge in [0.25, 0.3) is 5.91 Å². The van der Waals surface area contributed by atoms with Crippen molar-refractivity contribution >= 4 is 56.0 Å². The van der Waals surface area contributed by atoms with Gasteiger partial charge in [0.05, 0.1) is 5.56 Å². The predicted octanol–water partition coefficient (Wildman–Crippen LogP) is 4.44. The van der Waals surface area contributed by atoms with Gasteiger partial charge in [-0.2, -0.15) is 0 Å². The van der Waals surface area contributed by atoms with Crippen molar-refractivity contribution in [3.63, 3.8) is 0 Å². The number of unbranched alkanes of at least 4 members (excludes halogenated alkanes) is 2.